The summed E-state index contributed by atoms with van der Waals surface area (Å²) in [4.78, 5) is 7.02. The van der Waals surface area contributed by atoms with Gasteiger partial charge in [-0.1, -0.05) is 37.3 Å². The fourth-order valence-electron chi connectivity index (χ4n) is 2.62. The molecule has 1 unspecified atom stereocenters. The molecule has 0 spiro atoms. The van der Waals surface area contributed by atoms with E-state index in [2.05, 4.69) is 66.8 Å². The predicted octanol–water partition coefficient (Wildman–Crippen LogP) is 2.70. The van der Waals surface area contributed by atoms with Gasteiger partial charge in [0.05, 0.1) is 0 Å². The van der Waals surface area contributed by atoms with Gasteiger partial charge in [-0.05, 0) is 38.3 Å². The van der Waals surface area contributed by atoms with Crippen LogP contribution >= 0.6 is 0 Å². The van der Waals surface area contributed by atoms with Crippen LogP contribution in [0.3, 0.4) is 0 Å². The van der Waals surface area contributed by atoms with E-state index in [0.717, 1.165) is 58.1 Å². The van der Waals surface area contributed by atoms with E-state index in [4.69, 9.17) is 9.73 Å². The molecule has 5 nitrogen and oxygen atoms in total. The molecule has 0 aliphatic heterocycles. The van der Waals surface area contributed by atoms with Gasteiger partial charge in [-0.25, -0.2) is 0 Å². The SMILES string of the molecule is CCNC(=NCCC(C)c1ccccc1)NCCN(C)CCCOC. The van der Waals surface area contributed by atoms with Crippen LogP contribution in [0.15, 0.2) is 35.3 Å². The Morgan fingerprint density at radius 1 is 1.20 bits per heavy atom. The molecule has 2 N–H and O–H groups in total. The van der Waals surface area contributed by atoms with Gasteiger partial charge in [0.1, 0.15) is 0 Å². The van der Waals surface area contributed by atoms with Crippen LogP contribution in [0, 0.1) is 0 Å². The maximum atomic E-state index is 5.09. The van der Waals surface area contributed by atoms with E-state index < -0.39 is 0 Å². The highest BCUT2D eigenvalue weighted by atomic mass is 16.5. The summed E-state index contributed by atoms with van der Waals surface area (Å²) < 4.78 is 5.09. The fraction of sp³-hybridized carbons (Fsp3) is 0.650. The highest BCUT2D eigenvalue weighted by Crippen LogP contribution is 2.17. The normalized spacial score (nSPS) is 13.1. The standard InChI is InChI=1S/C20H36N4O/c1-5-21-20(23-14-16-24(3)15-9-17-25-4)22-13-12-18(2)19-10-7-6-8-11-19/h6-8,10-11,18H,5,9,12-17H2,1-4H3,(H2,21,22,23). The first-order chi connectivity index (χ1) is 12.2. The molecule has 0 heterocycles. The van der Waals surface area contributed by atoms with Crippen LogP contribution in [-0.4, -0.2) is 64.3 Å². The third kappa shape index (κ3) is 10.1. The summed E-state index contributed by atoms with van der Waals surface area (Å²) >= 11 is 0. The summed E-state index contributed by atoms with van der Waals surface area (Å²) in [5, 5.41) is 6.74. The van der Waals surface area contributed by atoms with Gasteiger partial charge in [-0.15, -0.1) is 0 Å². The van der Waals surface area contributed by atoms with Crippen LogP contribution in [0.1, 0.15) is 38.2 Å². The lowest BCUT2D eigenvalue weighted by Crippen LogP contribution is -2.41. The van der Waals surface area contributed by atoms with Gasteiger partial charge in [0, 0.05) is 46.4 Å². The number of methoxy groups -OCH3 is 1. The van der Waals surface area contributed by atoms with Crippen LogP contribution in [0.2, 0.25) is 0 Å². The molecule has 1 aromatic rings. The summed E-state index contributed by atoms with van der Waals surface area (Å²) in [6, 6.07) is 10.6. The van der Waals surface area contributed by atoms with E-state index in [1.807, 2.05) is 0 Å². The van der Waals surface area contributed by atoms with Crippen molar-refractivity contribution < 1.29 is 4.74 Å². The molecule has 0 aliphatic carbocycles. The van der Waals surface area contributed by atoms with Gasteiger partial charge in [-0.3, -0.25) is 4.99 Å². The molecule has 0 saturated carbocycles. The number of aliphatic imine (C=N–C) groups is 1. The Bertz CT molecular complexity index is 464. The van der Waals surface area contributed by atoms with Crippen molar-refractivity contribution in [3.8, 4) is 0 Å². The van der Waals surface area contributed by atoms with Crippen molar-refractivity contribution in [3.63, 3.8) is 0 Å². The predicted molar refractivity (Wildman–Crippen MR) is 107 cm³/mol. The van der Waals surface area contributed by atoms with E-state index in [0.29, 0.717) is 5.92 Å². The maximum absolute atomic E-state index is 5.09. The van der Waals surface area contributed by atoms with Crippen molar-refractivity contribution >= 4 is 5.96 Å². The minimum absolute atomic E-state index is 0.528. The van der Waals surface area contributed by atoms with Crippen LogP contribution in [0.25, 0.3) is 0 Å². The van der Waals surface area contributed by atoms with Crippen LogP contribution in [-0.2, 0) is 4.74 Å². The monoisotopic (exact) mass is 348 g/mol. The fourth-order valence-corrected chi connectivity index (χ4v) is 2.62. The second-order valence-corrected chi connectivity index (χ2v) is 6.44. The molecule has 0 amide bonds. The first kappa shape index (κ1) is 21.5. The third-order valence-corrected chi connectivity index (χ3v) is 4.22. The molecule has 0 radical (unpaired) electrons. The Kier molecular flexibility index (Phi) is 11.7. The second-order valence-electron chi connectivity index (χ2n) is 6.44. The summed E-state index contributed by atoms with van der Waals surface area (Å²) in [6.07, 6.45) is 2.12. The summed E-state index contributed by atoms with van der Waals surface area (Å²) in [5.74, 6) is 1.44. The Labute approximate surface area is 153 Å². The number of hydrogen-bond acceptors (Lipinski definition) is 3. The first-order valence-corrected chi connectivity index (χ1v) is 9.42. The van der Waals surface area contributed by atoms with Gasteiger partial charge in [0.25, 0.3) is 0 Å². The van der Waals surface area contributed by atoms with Gasteiger partial charge in [0.2, 0.25) is 0 Å². The molecule has 142 valence electrons. The van der Waals surface area contributed by atoms with E-state index >= 15 is 0 Å². The molecular formula is C20H36N4O. The van der Waals surface area contributed by atoms with Gasteiger partial charge in [0.15, 0.2) is 5.96 Å². The van der Waals surface area contributed by atoms with E-state index in [9.17, 15) is 0 Å². The van der Waals surface area contributed by atoms with Crippen molar-refractivity contribution in [1.82, 2.24) is 15.5 Å². The molecule has 1 atom stereocenters. The van der Waals surface area contributed by atoms with Crippen LogP contribution in [0.4, 0.5) is 0 Å². The quantitative estimate of drug-likeness (QED) is 0.346. The minimum atomic E-state index is 0.528. The smallest absolute Gasteiger partial charge is 0.191 e. The Hall–Kier alpha value is -1.59. The summed E-state index contributed by atoms with van der Waals surface area (Å²) in [7, 11) is 3.89. The molecule has 0 saturated heterocycles. The van der Waals surface area contributed by atoms with Gasteiger partial charge < -0.3 is 20.3 Å². The van der Waals surface area contributed by atoms with Crippen LogP contribution in [0.5, 0.6) is 0 Å². The van der Waals surface area contributed by atoms with E-state index in [1.54, 1.807) is 7.11 Å². The number of ether oxygens (including phenoxy) is 1. The van der Waals surface area contributed by atoms with Gasteiger partial charge in [-0.2, -0.15) is 0 Å². The van der Waals surface area contributed by atoms with E-state index in [1.165, 1.54) is 5.56 Å². The topological polar surface area (TPSA) is 48.9 Å². The lowest BCUT2D eigenvalue weighted by atomic mass is 9.98. The maximum Gasteiger partial charge on any atom is 0.191 e. The highest BCUT2D eigenvalue weighted by molar-refractivity contribution is 5.79. The summed E-state index contributed by atoms with van der Waals surface area (Å²) in [5.41, 5.74) is 1.38. The molecule has 0 aliphatic rings. The number of guanidine groups is 1. The molecular weight excluding hydrogens is 312 g/mol. The number of likely N-dealkylation sites (N-methyl/N-ethyl adjacent to an activating group) is 1. The molecule has 5 heteroatoms. The van der Waals surface area contributed by atoms with Crippen molar-refractivity contribution in [1.29, 1.82) is 0 Å². The minimum Gasteiger partial charge on any atom is -0.385 e. The third-order valence-electron chi connectivity index (χ3n) is 4.22. The number of rotatable bonds is 12. The van der Waals surface area contributed by atoms with Crippen molar-refractivity contribution in [3.05, 3.63) is 35.9 Å². The second kappa shape index (κ2) is 13.7. The average Bonchev–Trinajstić information content (AvgIpc) is 2.62. The van der Waals surface area contributed by atoms with Crippen molar-refractivity contribution in [2.45, 2.75) is 32.6 Å². The summed E-state index contributed by atoms with van der Waals surface area (Å²) in [6.45, 7) is 9.83. The van der Waals surface area contributed by atoms with Crippen LogP contribution < -0.4 is 10.6 Å². The molecule has 0 fully saturated rings. The zero-order valence-electron chi connectivity index (χ0n) is 16.4. The number of nitrogens with zero attached hydrogens (tertiary/aromatic N) is 2. The molecule has 0 aromatic heterocycles. The van der Waals surface area contributed by atoms with Crippen molar-refractivity contribution in [2.24, 2.45) is 4.99 Å². The number of nitrogens with one attached hydrogen (secondary N) is 2. The average molecular weight is 349 g/mol. The Morgan fingerprint density at radius 3 is 2.64 bits per heavy atom. The highest BCUT2D eigenvalue weighted by Gasteiger charge is 2.05. The van der Waals surface area contributed by atoms with Gasteiger partial charge >= 0.3 is 0 Å². The molecule has 0 bridgehead atoms. The number of benzene rings is 1. The zero-order chi connectivity index (χ0) is 18.3. The zero-order valence-corrected chi connectivity index (χ0v) is 16.4. The van der Waals surface area contributed by atoms with Crippen molar-refractivity contribution in [2.75, 3.05) is 53.5 Å². The lowest BCUT2D eigenvalue weighted by molar-refractivity contribution is 0.180. The lowest BCUT2D eigenvalue weighted by Gasteiger charge is -2.18. The Morgan fingerprint density at radius 2 is 1.96 bits per heavy atom. The number of hydrogen-bond donors (Lipinski definition) is 2. The molecule has 1 rings (SSSR count). The van der Waals surface area contributed by atoms with E-state index in [-0.39, 0.29) is 0 Å². The first-order valence-electron chi connectivity index (χ1n) is 9.42. The molecule has 25 heavy (non-hydrogen) atoms. The molecule has 1 aromatic carbocycles. The largest absolute Gasteiger partial charge is 0.385 e. The Balaban J connectivity index is 2.31.